The standard InChI is InChI=1S/C25H25NO3/c1-3-29-25(28)22-16(2)26-20-14-9-15-21(27)24(20)23(22)19-13-8-7-12-18(19)17-10-5-4-6-11-17/h4-8,10-13,23,26H,3,9,14-15H2,1-2H3. The Balaban J connectivity index is 1.95. The maximum absolute atomic E-state index is 13.0. The second-order valence-electron chi connectivity index (χ2n) is 7.44. The predicted molar refractivity (Wildman–Crippen MR) is 113 cm³/mol. The summed E-state index contributed by atoms with van der Waals surface area (Å²) < 4.78 is 5.39. The molecule has 1 aliphatic carbocycles. The number of esters is 1. The van der Waals surface area contributed by atoms with E-state index in [0.29, 0.717) is 24.2 Å². The maximum atomic E-state index is 13.0. The predicted octanol–water partition coefficient (Wildman–Crippen LogP) is 4.88. The third kappa shape index (κ3) is 3.51. The first-order valence-electron chi connectivity index (χ1n) is 10.2. The number of hydrogen-bond acceptors (Lipinski definition) is 4. The van der Waals surface area contributed by atoms with E-state index in [4.69, 9.17) is 4.74 Å². The van der Waals surface area contributed by atoms with Gasteiger partial charge in [-0.15, -0.1) is 0 Å². The first-order chi connectivity index (χ1) is 14.1. The highest BCUT2D eigenvalue weighted by atomic mass is 16.5. The summed E-state index contributed by atoms with van der Waals surface area (Å²) in [6, 6.07) is 18.1. The summed E-state index contributed by atoms with van der Waals surface area (Å²) >= 11 is 0. The topological polar surface area (TPSA) is 55.4 Å². The largest absolute Gasteiger partial charge is 0.463 e. The molecule has 0 saturated heterocycles. The van der Waals surface area contributed by atoms with Gasteiger partial charge in [-0.25, -0.2) is 4.79 Å². The van der Waals surface area contributed by atoms with Crippen LogP contribution in [0.15, 0.2) is 77.1 Å². The van der Waals surface area contributed by atoms with Crippen molar-refractivity contribution in [1.29, 1.82) is 0 Å². The van der Waals surface area contributed by atoms with E-state index < -0.39 is 5.92 Å². The van der Waals surface area contributed by atoms with Crippen LogP contribution in [0.3, 0.4) is 0 Å². The smallest absolute Gasteiger partial charge is 0.336 e. The van der Waals surface area contributed by atoms with Crippen LogP contribution in [0, 0.1) is 0 Å². The van der Waals surface area contributed by atoms with Crippen LogP contribution in [0.1, 0.15) is 44.6 Å². The van der Waals surface area contributed by atoms with Crippen molar-refractivity contribution in [3.8, 4) is 11.1 Å². The van der Waals surface area contributed by atoms with Crippen molar-refractivity contribution in [2.75, 3.05) is 6.61 Å². The molecule has 2 aromatic carbocycles. The molecule has 0 amide bonds. The summed E-state index contributed by atoms with van der Waals surface area (Å²) in [5.74, 6) is -0.675. The molecule has 0 saturated carbocycles. The molecule has 148 valence electrons. The molecule has 4 rings (SSSR count). The minimum Gasteiger partial charge on any atom is -0.463 e. The molecule has 2 aliphatic rings. The minimum atomic E-state index is -0.422. The van der Waals surface area contributed by atoms with Gasteiger partial charge < -0.3 is 10.1 Å². The first-order valence-corrected chi connectivity index (χ1v) is 10.2. The lowest BCUT2D eigenvalue weighted by Crippen LogP contribution is -2.34. The molecule has 29 heavy (non-hydrogen) atoms. The lowest BCUT2D eigenvalue weighted by Gasteiger charge is -2.35. The number of carbonyl (C=O) groups excluding carboxylic acids is 2. The molecular formula is C25H25NO3. The summed E-state index contributed by atoms with van der Waals surface area (Å²) in [6.07, 6.45) is 2.16. The second kappa shape index (κ2) is 8.08. The lowest BCUT2D eigenvalue weighted by molar-refractivity contribution is -0.138. The number of hydrogen-bond donors (Lipinski definition) is 1. The molecule has 4 nitrogen and oxygen atoms in total. The first kappa shape index (κ1) is 19.2. The van der Waals surface area contributed by atoms with E-state index >= 15 is 0 Å². The van der Waals surface area contributed by atoms with E-state index in [1.807, 2.05) is 43.3 Å². The lowest BCUT2D eigenvalue weighted by atomic mass is 9.73. The average Bonchev–Trinajstić information content (AvgIpc) is 2.74. The number of ketones is 1. The Morgan fingerprint density at radius 2 is 1.79 bits per heavy atom. The third-order valence-electron chi connectivity index (χ3n) is 5.63. The van der Waals surface area contributed by atoms with Crippen LogP contribution in [0.4, 0.5) is 0 Å². The molecule has 0 fully saturated rings. The summed E-state index contributed by atoms with van der Waals surface area (Å²) in [5, 5.41) is 3.33. The highest BCUT2D eigenvalue weighted by Gasteiger charge is 2.39. The number of dihydropyridines is 1. The summed E-state index contributed by atoms with van der Waals surface area (Å²) in [6.45, 7) is 3.99. The van der Waals surface area contributed by atoms with Gasteiger partial charge in [-0.05, 0) is 43.4 Å². The summed E-state index contributed by atoms with van der Waals surface area (Å²) in [7, 11) is 0. The molecule has 0 radical (unpaired) electrons. The Morgan fingerprint density at radius 3 is 2.55 bits per heavy atom. The number of Topliss-reactive ketones (excluding diaryl/α,β-unsaturated/α-hetero) is 1. The highest BCUT2D eigenvalue weighted by Crippen LogP contribution is 2.45. The van der Waals surface area contributed by atoms with E-state index in [1.54, 1.807) is 6.92 Å². The molecule has 0 aromatic heterocycles. The van der Waals surface area contributed by atoms with Crippen molar-refractivity contribution in [2.24, 2.45) is 0 Å². The van der Waals surface area contributed by atoms with Crippen LogP contribution < -0.4 is 5.32 Å². The van der Waals surface area contributed by atoms with Gasteiger partial charge in [0.25, 0.3) is 0 Å². The number of ether oxygens (including phenoxy) is 1. The molecule has 1 unspecified atom stereocenters. The van der Waals surface area contributed by atoms with Crippen LogP contribution >= 0.6 is 0 Å². The number of allylic oxidation sites excluding steroid dienone is 3. The van der Waals surface area contributed by atoms with Crippen molar-refractivity contribution >= 4 is 11.8 Å². The maximum Gasteiger partial charge on any atom is 0.336 e. The SMILES string of the molecule is CCOC(=O)C1=C(C)NC2=C(C(=O)CCC2)C1c1ccccc1-c1ccccc1. The fourth-order valence-electron chi connectivity index (χ4n) is 4.40. The molecule has 1 aliphatic heterocycles. The average molecular weight is 387 g/mol. The van der Waals surface area contributed by atoms with Gasteiger partial charge in [0.05, 0.1) is 12.2 Å². The number of nitrogens with one attached hydrogen (secondary N) is 1. The number of rotatable bonds is 4. The van der Waals surface area contributed by atoms with Gasteiger partial charge in [-0.1, -0.05) is 54.6 Å². The number of carbonyl (C=O) groups is 2. The van der Waals surface area contributed by atoms with Crippen LogP contribution in [0.5, 0.6) is 0 Å². The van der Waals surface area contributed by atoms with E-state index in [0.717, 1.165) is 40.9 Å². The molecule has 4 heteroatoms. The van der Waals surface area contributed by atoms with Gasteiger partial charge >= 0.3 is 5.97 Å². The fourth-order valence-corrected chi connectivity index (χ4v) is 4.40. The Morgan fingerprint density at radius 1 is 1.07 bits per heavy atom. The van der Waals surface area contributed by atoms with Gasteiger partial charge in [-0.2, -0.15) is 0 Å². The number of benzene rings is 2. The van der Waals surface area contributed by atoms with Crippen molar-refractivity contribution < 1.29 is 14.3 Å². The minimum absolute atomic E-state index is 0.112. The fraction of sp³-hybridized carbons (Fsp3) is 0.280. The van der Waals surface area contributed by atoms with Gasteiger partial charge in [0.2, 0.25) is 0 Å². The summed E-state index contributed by atoms with van der Waals surface area (Å²) in [5.41, 5.74) is 6.01. The Labute approximate surface area is 171 Å². The van der Waals surface area contributed by atoms with Crippen molar-refractivity contribution in [3.63, 3.8) is 0 Å². The molecule has 1 N–H and O–H groups in total. The molecule has 1 atom stereocenters. The van der Waals surface area contributed by atoms with E-state index in [1.165, 1.54) is 0 Å². The second-order valence-corrected chi connectivity index (χ2v) is 7.44. The quantitative estimate of drug-likeness (QED) is 0.760. The summed E-state index contributed by atoms with van der Waals surface area (Å²) in [4.78, 5) is 26.0. The monoisotopic (exact) mass is 387 g/mol. The van der Waals surface area contributed by atoms with E-state index in [2.05, 4.69) is 23.5 Å². The van der Waals surface area contributed by atoms with Crippen molar-refractivity contribution in [1.82, 2.24) is 5.32 Å². The van der Waals surface area contributed by atoms with Crippen molar-refractivity contribution in [3.05, 3.63) is 82.7 Å². The van der Waals surface area contributed by atoms with Crippen LogP contribution in [-0.2, 0) is 14.3 Å². The van der Waals surface area contributed by atoms with Crippen LogP contribution in [0.2, 0.25) is 0 Å². The Bertz CT molecular complexity index is 1020. The zero-order valence-corrected chi connectivity index (χ0v) is 16.8. The molecule has 0 bridgehead atoms. The van der Waals surface area contributed by atoms with Crippen molar-refractivity contribution in [2.45, 2.75) is 39.0 Å². The molecule has 0 spiro atoms. The van der Waals surface area contributed by atoms with E-state index in [-0.39, 0.29) is 11.8 Å². The molecular weight excluding hydrogens is 362 g/mol. The van der Waals surface area contributed by atoms with Gasteiger partial charge in [0, 0.05) is 29.3 Å². The van der Waals surface area contributed by atoms with Gasteiger partial charge in [0.15, 0.2) is 5.78 Å². The van der Waals surface area contributed by atoms with Crippen LogP contribution in [0.25, 0.3) is 11.1 Å². The third-order valence-corrected chi connectivity index (χ3v) is 5.63. The Kier molecular flexibility index (Phi) is 5.34. The zero-order chi connectivity index (χ0) is 20.4. The highest BCUT2D eigenvalue weighted by molar-refractivity contribution is 6.04. The zero-order valence-electron chi connectivity index (χ0n) is 16.8. The Hall–Kier alpha value is -3.14. The molecule has 1 heterocycles. The van der Waals surface area contributed by atoms with Crippen LogP contribution in [-0.4, -0.2) is 18.4 Å². The normalized spacial score (nSPS) is 19.0. The molecule has 2 aromatic rings. The van der Waals surface area contributed by atoms with Gasteiger partial charge in [-0.3, -0.25) is 4.79 Å². The van der Waals surface area contributed by atoms with E-state index in [9.17, 15) is 9.59 Å². The van der Waals surface area contributed by atoms with Gasteiger partial charge in [0.1, 0.15) is 0 Å².